The third-order valence-corrected chi connectivity index (χ3v) is 2.88. The van der Waals surface area contributed by atoms with Gasteiger partial charge in [-0.3, -0.25) is 4.79 Å². The van der Waals surface area contributed by atoms with Crippen LogP contribution in [0.25, 0.3) is 0 Å². The zero-order valence-electron chi connectivity index (χ0n) is 12.0. The van der Waals surface area contributed by atoms with Crippen LogP contribution in [-0.4, -0.2) is 17.6 Å². The van der Waals surface area contributed by atoms with E-state index < -0.39 is 24.0 Å². The Hall–Kier alpha value is -1.27. The van der Waals surface area contributed by atoms with Crippen molar-refractivity contribution in [3.63, 3.8) is 0 Å². The van der Waals surface area contributed by atoms with Gasteiger partial charge < -0.3 is 11.1 Å². The fourth-order valence-electron chi connectivity index (χ4n) is 1.90. The van der Waals surface area contributed by atoms with Crippen LogP contribution in [0.15, 0.2) is 24.3 Å². The third-order valence-electron chi connectivity index (χ3n) is 2.88. The second-order valence-electron chi connectivity index (χ2n) is 5.11. The van der Waals surface area contributed by atoms with Crippen LogP contribution in [0.4, 0.5) is 18.9 Å². The summed E-state index contributed by atoms with van der Waals surface area (Å²) in [5, 5.41) is 2.56. The number of benzene rings is 1. The number of alkyl halides is 3. The molecule has 1 rings (SSSR count). The number of rotatable bonds is 5. The molecule has 21 heavy (non-hydrogen) atoms. The highest BCUT2D eigenvalue weighted by Gasteiger charge is 2.29. The van der Waals surface area contributed by atoms with Crippen molar-refractivity contribution in [2.75, 3.05) is 5.32 Å². The Kier molecular flexibility index (Phi) is 7.19. The smallest absolute Gasteiger partial charge is 0.324 e. The number of carbonyl (C=O) groups excluding carboxylic acids is 1. The van der Waals surface area contributed by atoms with Gasteiger partial charge in [0.1, 0.15) is 0 Å². The molecule has 1 aromatic carbocycles. The van der Waals surface area contributed by atoms with Crippen molar-refractivity contribution in [2.45, 2.75) is 44.8 Å². The molecule has 1 amide bonds. The van der Waals surface area contributed by atoms with Crippen molar-refractivity contribution >= 4 is 24.0 Å². The maximum absolute atomic E-state index is 12.3. The molecule has 0 heterocycles. The monoisotopic (exact) mass is 324 g/mol. The summed E-state index contributed by atoms with van der Waals surface area (Å²) >= 11 is 0. The quantitative estimate of drug-likeness (QED) is 0.868. The van der Waals surface area contributed by atoms with Crippen molar-refractivity contribution in [2.24, 2.45) is 5.73 Å². The van der Waals surface area contributed by atoms with Gasteiger partial charge in [0.2, 0.25) is 5.91 Å². The summed E-state index contributed by atoms with van der Waals surface area (Å²) in [6.07, 6.45) is -4.05. The Morgan fingerprint density at radius 1 is 1.33 bits per heavy atom. The lowest BCUT2D eigenvalue weighted by molar-refractivity contribution is -0.127. The molecule has 1 aromatic rings. The van der Waals surface area contributed by atoms with Gasteiger partial charge in [0, 0.05) is 5.69 Å². The lowest BCUT2D eigenvalue weighted by atomic mass is 9.96. The third kappa shape index (κ3) is 6.82. The van der Waals surface area contributed by atoms with Gasteiger partial charge in [-0.25, -0.2) is 0 Å². The topological polar surface area (TPSA) is 55.1 Å². The summed E-state index contributed by atoms with van der Waals surface area (Å²) in [6, 6.07) is 5.70. The van der Waals surface area contributed by atoms with Crippen LogP contribution in [0.3, 0.4) is 0 Å². The maximum Gasteiger partial charge on any atom is 0.393 e. The first-order chi connectivity index (χ1) is 9.14. The SMILES string of the molecule is CCCC(C)(N)C(=O)Nc1cccc(CC(F)(F)F)c1.Cl. The number of amides is 1. The van der Waals surface area contributed by atoms with Gasteiger partial charge in [0.25, 0.3) is 0 Å². The fraction of sp³-hybridized carbons (Fsp3) is 0.500. The van der Waals surface area contributed by atoms with E-state index in [1.165, 1.54) is 18.2 Å². The van der Waals surface area contributed by atoms with E-state index in [1.54, 1.807) is 13.0 Å². The molecule has 0 aliphatic rings. The second-order valence-corrected chi connectivity index (χ2v) is 5.11. The summed E-state index contributed by atoms with van der Waals surface area (Å²) in [6.45, 7) is 3.51. The Morgan fingerprint density at radius 3 is 2.48 bits per heavy atom. The average Bonchev–Trinajstić information content (AvgIpc) is 2.26. The fourth-order valence-corrected chi connectivity index (χ4v) is 1.90. The van der Waals surface area contributed by atoms with Gasteiger partial charge in [-0.15, -0.1) is 12.4 Å². The van der Waals surface area contributed by atoms with E-state index in [-0.39, 0.29) is 18.0 Å². The number of hydrogen-bond acceptors (Lipinski definition) is 2. The average molecular weight is 325 g/mol. The molecule has 1 unspecified atom stereocenters. The summed E-state index contributed by atoms with van der Waals surface area (Å²) < 4.78 is 37.0. The van der Waals surface area contributed by atoms with Gasteiger partial charge in [-0.2, -0.15) is 13.2 Å². The molecule has 0 aliphatic carbocycles. The second kappa shape index (κ2) is 7.66. The first kappa shape index (κ1) is 19.7. The highest BCUT2D eigenvalue weighted by molar-refractivity contribution is 5.97. The number of nitrogens with one attached hydrogen (secondary N) is 1. The van der Waals surface area contributed by atoms with E-state index >= 15 is 0 Å². The number of nitrogens with two attached hydrogens (primary N) is 1. The Labute approximate surface area is 128 Å². The Bertz CT molecular complexity index is 476. The molecular formula is C14H20ClF3N2O. The molecule has 3 nitrogen and oxygen atoms in total. The van der Waals surface area contributed by atoms with Gasteiger partial charge in [-0.05, 0) is 31.0 Å². The summed E-state index contributed by atoms with van der Waals surface area (Å²) in [4.78, 5) is 12.0. The van der Waals surface area contributed by atoms with Crippen LogP contribution >= 0.6 is 12.4 Å². The largest absolute Gasteiger partial charge is 0.393 e. The molecule has 0 saturated heterocycles. The van der Waals surface area contributed by atoms with Crippen molar-refractivity contribution in [1.82, 2.24) is 0 Å². The van der Waals surface area contributed by atoms with Crippen molar-refractivity contribution in [1.29, 1.82) is 0 Å². The van der Waals surface area contributed by atoms with Crippen LogP contribution < -0.4 is 11.1 Å². The van der Waals surface area contributed by atoms with Gasteiger partial charge in [-0.1, -0.05) is 25.5 Å². The first-order valence-corrected chi connectivity index (χ1v) is 6.40. The number of anilines is 1. The van der Waals surface area contributed by atoms with Crippen molar-refractivity contribution < 1.29 is 18.0 Å². The summed E-state index contributed by atoms with van der Waals surface area (Å²) in [7, 11) is 0. The molecule has 0 bridgehead atoms. The Morgan fingerprint density at radius 2 is 1.95 bits per heavy atom. The van der Waals surface area contributed by atoms with E-state index in [2.05, 4.69) is 5.32 Å². The lowest BCUT2D eigenvalue weighted by Gasteiger charge is -2.23. The van der Waals surface area contributed by atoms with Crippen LogP contribution in [0.1, 0.15) is 32.3 Å². The van der Waals surface area contributed by atoms with E-state index in [0.717, 1.165) is 6.42 Å². The van der Waals surface area contributed by atoms with Crippen LogP contribution in [0, 0.1) is 0 Å². The number of carbonyl (C=O) groups is 1. The van der Waals surface area contributed by atoms with E-state index in [4.69, 9.17) is 5.73 Å². The predicted molar refractivity (Wildman–Crippen MR) is 79.6 cm³/mol. The zero-order valence-corrected chi connectivity index (χ0v) is 12.8. The molecule has 0 saturated carbocycles. The lowest BCUT2D eigenvalue weighted by Crippen LogP contribution is -2.48. The van der Waals surface area contributed by atoms with Gasteiger partial charge in [0.05, 0.1) is 12.0 Å². The van der Waals surface area contributed by atoms with Gasteiger partial charge in [0.15, 0.2) is 0 Å². The van der Waals surface area contributed by atoms with Crippen LogP contribution in [0.5, 0.6) is 0 Å². The maximum atomic E-state index is 12.3. The number of halogens is 4. The molecule has 0 radical (unpaired) electrons. The van der Waals surface area contributed by atoms with Crippen LogP contribution in [0.2, 0.25) is 0 Å². The van der Waals surface area contributed by atoms with Crippen molar-refractivity contribution in [3.8, 4) is 0 Å². The summed E-state index contributed by atoms with van der Waals surface area (Å²) in [5.74, 6) is -0.400. The van der Waals surface area contributed by atoms with Crippen molar-refractivity contribution in [3.05, 3.63) is 29.8 Å². The number of hydrogen-bond donors (Lipinski definition) is 2. The minimum atomic E-state index is -4.27. The van der Waals surface area contributed by atoms with Gasteiger partial charge >= 0.3 is 6.18 Å². The summed E-state index contributed by atoms with van der Waals surface area (Å²) in [5.41, 5.74) is 5.26. The van der Waals surface area contributed by atoms with Crippen LogP contribution in [-0.2, 0) is 11.2 Å². The molecule has 0 aliphatic heterocycles. The van der Waals surface area contributed by atoms with E-state index in [1.807, 2.05) is 6.92 Å². The van der Waals surface area contributed by atoms with E-state index in [9.17, 15) is 18.0 Å². The molecule has 1 atom stereocenters. The first-order valence-electron chi connectivity index (χ1n) is 6.40. The molecular weight excluding hydrogens is 305 g/mol. The highest BCUT2D eigenvalue weighted by atomic mass is 35.5. The zero-order chi connectivity index (χ0) is 15.4. The molecule has 0 aromatic heterocycles. The normalized spacial score (nSPS) is 14.0. The molecule has 0 fully saturated rings. The molecule has 7 heteroatoms. The minimum Gasteiger partial charge on any atom is -0.324 e. The highest BCUT2D eigenvalue weighted by Crippen LogP contribution is 2.23. The molecule has 120 valence electrons. The van der Waals surface area contributed by atoms with E-state index in [0.29, 0.717) is 12.1 Å². The minimum absolute atomic E-state index is 0. The standard InChI is InChI=1S/C14H19F3N2O.ClH/c1-3-7-13(2,18)12(20)19-11-6-4-5-10(8-11)9-14(15,16)17;/h4-6,8H,3,7,9,18H2,1-2H3,(H,19,20);1H. The Balaban J connectivity index is 0.00000400. The predicted octanol–water partition coefficient (Wildman–Crippen LogP) is 3.67. The molecule has 0 spiro atoms. The molecule has 3 N–H and O–H groups in total.